The van der Waals surface area contributed by atoms with Crippen molar-refractivity contribution >= 4 is 11.7 Å². The number of nitrogens with zero attached hydrogens (tertiary/aromatic N) is 1. The Hall–Kier alpha value is -2.38. The van der Waals surface area contributed by atoms with E-state index in [4.69, 9.17) is 0 Å². The van der Waals surface area contributed by atoms with E-state index in [2.05, 4.69) is 15.8 Å². The van der Waals surface area contributed by atoms with Crippen molar-refractivity contribution < 1.29 is 22.8 Å². The van der Waals surface area contributed by atoms with Gasteiger partial charge < -0.3 is 5.43 Å². The van der Waals surface area contributed by atoms with Crippen LogP contribution < -0.4 is 10.9 Å². The number of aromatic nitrogens is 1. The summed E-state index contributed by atoms with van der Waals surface area (Å²) in [6.07, 6.45) is -0.558. The first kappa shape index (κ1) is 16.0. The van der Waals surface area contributed by atoms with Crippen molar-refractivity contribution in [3.8, 4) is 0 Å². The number of hydrogen-bond acceptors (Lipinski definition) is 4. The molecule has 1 aliphatic rings. The zero-order valence-electron chi connectivity index (χ0n) is 11.5. The molecule has 8 heteroatoms. The molecule has 2 rings (SSSR count). The third-order valence-corrected chi connectivity index (χ3v) is 3.27. The Kier molecular flexibility index (Phi) is 4.79. The maximum atomic E-state index is 12.6. The Bertz CT molecular complexity index is 597. The summed E-state index contributed by atoms with van der Waals surface area (Å²) in [6, 6.07) is 2.93. The number of rotatable bonds is 4. The number of ketones is 1. The van der Waals surface area contributed by atoms with Crippen molar-refractivity contribution in [2.45, 2.75) is 31.9 Å². The van der Waals surface area contributed by atoms with Crippen molar-refractivity contribution in [3.05, 3.63) is 41.4 Å². The smallest absolute Gasteiger partial charge is 0.302 e. The molecule has 0 fully saturated rings. The number of pyridine rings is 1. The van der Waals surface area contributed by atoms with E-state index >= 15 is 0 Å². The first-order valence-corrected chi connectivity index (χ1v) is 6.69. The minimum atomic E-state index is -4.91. The van der Waals surface area contributed by atoms with Crippen molar-refractivity contribution in [1.82, 2.24) is 15.8 Å². The highest BCUT2D eigenvalue weighted by atomic mass is 19.4. The SMILES string of the molecule is O=C(NNC1=C(C(=O)C(F)(F)F)CCCC1)c1ccncc1. The van der Waals surface area contributed by atoms with Crippen LogP contribution in [-0.2, 0) is 4.79 Å². The van der Waals surface area contributed by atoms with E-state index in [1.54, 1.807) is 0 Å². The Balaban J connectivity index is 2.10. The molecule has 5 nitrogen and oxygen atoms in total. The second kappa shape index (κ2) is 6.59. The average molecular weight is 313 g/mol. The number of carbonyl (C=O) groups is 2. The summed E-state index contributed by atoms with van der Waals surface area (Å²) in [6.45, 7) is 0. The zero-order valence-corrected chi connectivity index (χ0v) is 11.5. The van der Waals surface area contributed by atoms with Gasteiger partial charge in [0.2, 0.25) is 0 Å². The lowest BCUT2D eigenvalue weighted by atomic mass is 9.93. The van der Waals surface area contributed by atoms with E-state index in [9.17, 15) is 22.8 Å². The molecule has 118 valence electrons. The van der Waals surface area contributed by atoms with Gasteiger partial charge in [-0.3, -0.25) is 20.0 Å². The van der Waals surface area contributed by atoms with Gasteiger partial charge in [0.25, 0.3) is 11.7 Å². The predicted octanol–water partition coefficient (Wildman–Crippen LogP) is 2.28. The Labute approximate surface area is 124 Å². The van der Waals surface area contributed by atoms with E-state index in [-0.39, 0.29) is 24.1 Å². The van der Waals surface area contributed by atoms with Gasteiger partial charge in [0.1, 0.15) is 0 Å². The maximum absolute atomic E-state index is 12.6. The highest BCUT2D eigenvalue weighted by Gasteiger charge is 2.42. The van der Waals surface area contributed by atoms with Crippen LogP contribution >= 0.6 is 0 Å². The van der Waals surface area contributed by atoms with Crippen molar-refractivity contribution in [2.24, 2.45) is 0 Å². The summed E-state index contributed by atoms with van der Waals surface area (Å²) in [7, 11) is 0. The van der Waals surface area contributed by atoms with E-state index in [0.717, 1.165) is 0 Å². The summed E-state index contributed by atoms with van der Waals surface area (Å²) < 4.78 is 37.7. The quantitative estimate of drug-likeness (QED) is 0.837. The molecule has 0 saturated carbocycles. The van der Waals surface area contributed by atoms with E-state index in [1.165, 1.54) is 24.5 Å². The summed E-state index contributed by atoms with van der Waals surface area (Å²) in [5.41, 5.74) is 4.89. The minimum absolute atomic E-state index is 0.0474. The van der Waals surface area contributed by atoms with Gasteiger partial charge in [-0.15, -0.1) is 0 Å². The van der Waals surface area contributed by atoms with E-state index in [0.29, 0.717) is 18.4 Å². The molecule has 0 spiro atoms. The van der Waals surface area contributed by atoms with Crippen LogP contribution in [0.25, 0.3) is 0 Å². The van der Waals surface area contributed by atoms with Gasteiger partial charge in [-0.2, -0.15) is 13.2 Å². The van der Waals surface area contributed by atoms with Crippen LogP contribution in [0.1, 0.15) is 36.0 Å². The van der Waals surface area contributed by atoms with Crippen LogP contribution in [0.4, 0.5) is 13.2 Å². The molecule has 0 aliphatic heterocycles. The number of halogens is 3. The molecule has 0 radical (unpaired) electrons. The van der Waals surface area contributed by atoms with Crippen molar-refractivity contribution in [3.63, 3.8) is 0 Å². The van der Waals surface area contributed by atoms with Crippen LogP contribution in [0.5, 0.6) is 0 Å². The molecular weight excluding hydrogens is 299 g/mol. The van der Waals surface area contributed by atoms with E-state index in [1.807, 2.05) is 0 Å². The first-order chi connectivity index (χ1) is 10.4. The van der Waals surface area contributed by atoms with Crippen LogP contribution in [0.15, 0.2) is 35.8 Å². The third-order valence-electron chi connectivity index (χ3n) is 3.27. The van der Waals surface area contributed by atoms with Gasteiger partial charge in [0.15, 0.2) is 0 Å². The summed E-state index contributed by atoms with van der Waals surface area (Å²) >= 11 is 0. The van der Waals surface area contributed by atoms with Gasteiger partial charge in [0.05, 0.1) is 0 Å². The third kappa shape index (κ3) is 3.84. The standard InChI is InChI=1S/C14H14F3N3O2/c15-14(16,17)12(21)10-3-1-2-4-11(10)19-20-13(22)9-5-7-18-8-6-9/h5-8,19H,1-4H2,(H,20,22). The number of Topliss-reactive ketones (excluding diaryl/α,β-unsaturated/α-hetero) is 1. The molecule has 2 N–H and O–H groups in total. The first-order valence-electron chi connectivity index (χ1n) is 6.69. The molecular formula is C14H14F3N3O2. The van der Waals surface area contributed by atoms with Crippen LogP contribution in [-0.4, -0.2) is 22.9 Å². The Morgan fingerprint density at radius 1 is 1.09 bits per heavy atom. The predicted molar refractivity (Wildman–Crippen MR) is 71.4 cm³/mol. The zero-order chi connectivity index (χ0) is 16.2. The molecule has 0 saturated heterocycles. The number of alkyl halides is 3. The summed E-state index contributed by atoms with van der Waals surface area (Å²) in [5, 5.41) is 0. The molecule has 0 aromatic carbocycles. The highest BCUT2D eigenvalue weighted by molar-refractivity contribution is 6.00. The molecule has 1 aromatic heterocycles. The fraction of sp³-hybridized carbons (Fsp3) is 0.357. The molecule has 0 atom stereocenters. The van der Waals surface area contributed by atoms with E-state index < -0.39 is 17.9 Å². The molecule has 1 aliphatic carbocycles. The number of allylic oxidation sites excluding steroid dienone is 2. The normalized spacial score (nSPS) is 15.4. The van der Waals surface area contributed by atoms with Gasteiger partial charge in [0, 0.05) is 29.2 Å². The van der Waals surface area contributed by atoms with Crippen molar-refractivity contribution in [2.75, 3.05) is 0 Å². The van der Waals surface area contributed by atoms with Crippen LogP contribution in [0.2, 0.25) is 0 Å². The summed E-state index contributed by atoms with van der Waals surface area (Å²) in [4.78, 5) is 27.0. The number of hydrogen-bond donors (Lipinski definition) is 2. The molecule has 22 heavy (non-hydrogen) atoms. The van der Waals surface area contributed by atoms with Crippen LogP contribution in [0, 0.1) is 0 Å². The lowest BCUT2D eigenvalue weighted by Gasteiger charge is -2.21. The van der Waals surface area contributed by atoms with Gasteiger partial charge in [-0.25, -0.2) is 0 Å². The van der Waals surface area contributed by atoms with Gasteiger partial charge in [-0.05, 0) is 37.8 Å². The topological polar surface area (TPSA) is 71.1 Å². The lowest BCUT2D eigenvalue weighted by molar-refractivity contribution is -0.166. The second-order valence-electron chi connectivity index (χ2n) is 4.81. The minimum Gasteiger partial charge on any atom is -0.302 e. The fourth-order valence-corrected chi connectivity index (χ4v) is 2.17. The number of hydrazine groups is 1. The fourth-order valence-electron chi connectivity index (χ4n) is 2.17. The maximum Gasteiger partial charge on any atom is 0.454 e. The largest absolute Gasteiger partial charge is 0.454 e. The van der Waals surface area contributed by atoms with Crippen LogP contribution in [0.3, 0.4) is 0 Å². The molecule has 0 bridgehead atoms. The summed E-state index contributed by atoms with van der Waals surface area (Å²) in [5.74, 6) is -2.37. The Morgan fingerprint density at radius 2 is 1.73 bits per heavy atom. The number of amides is 1. The highest BCUT2D eigenvalue weighted by Crippen LogP contribution is 2.29. The van der Waals surface area contributed by atoms with Gasteiger partial charge >= 0.3 is 6.18 Å². The number of carbonyl (C=O) groups excluding carboxylic acids is 2. The lowest BCUT2D eigenvalue weighted by Crippen LogP contribution is -2.39. The second-order valence-corrected chi connectivity index (χ2v) is 4.81. The average Bonchev–Trinajstić information content (AvgIpc) is 2.52. The monoisotopic (exact) mass is 313 g/mol. The molecule has 1 amide bonds. The van der Waals surface area contributed by atoms with Gasteiger partial charge in [-0.1, -0.05) is 0 Å². The molecule has 1 heterocycles. The Morgan fingerprint density at radius 3 is 2.36 bits per heavy atom. The molecule has 0 unspecified atom stereocenters. The number of nitrogens with one attached hydrogen (secondary N) is 2. The molecule has 1 aromatic rings. The van der Waals surface area contributed by atoms with Crippen molar-refractivity contribution in [1.29, 1.82) is 0 Å².